The van der Waals surface area contributed by atoms with Gasteiger partial charge in [0.1, 0.15) is 0 Å². The second-order valence-corrected chi connectivity index (χ2v) is 6.80. The zero-order chi connectivity index (χ0) is 17.3. The molecule has 0 aliphatic heterocycles. The number of carbonyl (C=O) groups excluding carboxylic acids is 3. The van der Waals surface area contributed by atoms with Gasteiger partial charge >= 0.3 is 0 Å². The molecule has 3 aliphatic rings. The number of carboxylic acids is 1. The van der Waals surface area contributed by atoms with Crippen molar-refractivity contribution >= 4 is 29.2 Å². The standard InChI is InChI=1S/C18H22N2O4/c1-10(21)19-13-3-2-4-14(9-13)20-17(22)15-11-5-7-12(8-6-11)16(15)18(23)24/h2-4,9,11-12,15-16H,5-8H2,1H3,(H,19,21)(H,20,22)(H,23,24)/p-1/t11?,12?,15-,16-/m1/s1. The molecule has 0 unspecified atom stereocenters. The van der Waals surface area contributed by atoms with E-state index in [1.807, 2.05) is 0 Å². The molecule has 3 fully saturated rings. The third-order valence-corrected chi connectivity index (χ3v) is 5.24. The third kappa shape index (κ3) is 3.27. The van der Waals surface area contributed by atoms with Crippen LogP contribution in [0.2, 0.25) is 0 Å². The van der Waals surface area contributed by atoms with Gasteiger partial charge in [-0.15, -0.1) is 0 Å². The highest BCUT2D eigenvalue weighted by Crippen LogP contribution is 2.49. The summed E-state index contributed by atoms with van der Waals surface area (Å²) in [5, 5.41) is 17.0. The topological polar surface area (TPSA) is 98.3 Å². The highest BCUT2D eigenvalue weighted by molar-refractivity contribution is 5.96. The van der Waals surface area contributed by atoms with Gasteiger partial charge < -0.3 is 20.5 Å². The molecule has 4 rings (SSSR count). The molecular formula is C18H21N2O4-. The van der Waals surface area contributed by atoms with Crippen LogP contribution in [-0.2, 0) is 14.4 Å². The Labute approximate surface area is 140 Å². The van der Waals surface area contributed by atoms with Gasteiger partial charge in [0.05, 0.1) is 0 Å². The molecule has 1 aromatic rings. The maximum atomic E-state index is 12.7. The van der Waals surface area contributed by atoms with E-state index in [1.54, 1.807) is 24.3 Å². The summed E-state index contributed by atoms with van der Waals surface area (Å²) in [5.74, 6) is -2.66. The van der Waals surface area contributed by atoms with Crippen LogP contribution in [0.4, 0.5) is 11.4 Å². The summed E-state index contributed by atoms with van der Waals surface area (Å²) in [6, 6.07) is 6.83. The first-order valence-electron chi connectivity index (χ1n) is 8.35. The Morgan fingerprint density at radius 3 is 2.04 bits per heavy atom. The Hall–Kier alpha value is -2.37. The van der Waals surface area contributed by atoms with Crippen molar-refractivity contribution in [1.29, 1.82) is 0 Å². The Bertz CT molecular complexity index is 665. The maximum absolute atomic E-state index is 12.7. The molecule has 0 spiro atoms. The molecule has 2 N–H and O–H groups in total. The summed E-state index contributed by atoms with van der Waals surface area (Å²) in [5.41, 5.74) is 1.13. The number of anilines is 2. The van der Waals surface area contributed by atoms with Crippen molar-refractivity contribution in [3.05, 3.63) is 24.3 Å². The minimum atomic E-state index is -1.11. The first-order valence-corrected chi connectivity index (χ1v) is 8.35. The average Bonchev–Trinajstić information content (AvgIpc) is 2.54. The monoisotopic (exact) mass is 329 g/mol. The molecule has 3 saturated carbocycles. The van der Waals surface area contributed by atoms with Crippen molar-refractivity contribution in [2.75, 3.05) is 10.6 Å². The van der Waals surface area contributed by atoms with Gasteiger partial charge in [0, 0.05) is 36.1 Å². The lowest BCUT2D eigenvalue weighted by Crippen LogP contribution is -2.52. The number of hydrogen-bond acceptors (Lipinski definition) is 4. The fourth-order valence-corrected chi connectivity index (χ4v) is 4.27. The lowest BCUT2D eigenvalue weighted by molar-refractivity contribution is -0.318. The summed E-state index contributed by atoms with van der Waals surface area (Å²) in [6.45, 7) is 1.41. The van der Waals surface area contributed by atoms with E-state index >= 15 is 0 Å². The van der Waals surface area contributed by atoms with Crippen LogP contribution in [0.15, 0.2) is 24.3 Å². The SMILES string of the molecule is CC(=O)Nc1cccc(NC(=O)[C@@H]2C3CCC(CC3)[C@H]2C(=O)[O-])c1. The molecule has 3 aliphatic carbocycles. The van der Waals surface area contributed by atoms with E-state index in [0.29, 0.717) is 11.4 Å². The smallest absolute Gasteiger partial charge is 0.228 e. The molecule has 6 nitrogen and oxygen atoms in total. The summed E-state index contributed by atoms with van der Waals surface area (Å²) < 4.78 is 0. The zero-order valence-corrected chi connectivity index (χ0v) is 13.6. The van der Waals surface area contributed by atoms with Gasteiger partial charge in [-0.25, -0.2) is 0 Å². The Morgan fingerprint density at radius 1 is 0.958 bits per heavy atom. The molecule has 128 valence electrons. The highest BCUT2D eigenvalue weighted by atomic mass is 16.4. The number of carbonyl (C=O) groups is 3. The van der Waals surface area contributed by atoms with Crippen molar-refractivity contribution in [1.82, 2.24) is 0 Å². The number of carboxylic acid groups (broad SMARTS) is 1. The van der Waals surface area contributed by atoms with Crippen LogP contribution in [0.5, 0.6) is 0 Å². The Balaban J connectivity index is 1.76. The van der Waals surface area contributed by atoms with Crippen molar-refractivity contribution in [3.63, 3.8) is 0 Å². The Morgan fingerprint density at radius 2 is 1.50 bits per heavy atom. The molecular weight excluding hydrogens is 308 g/mol. The number of rotatable bonds is 4. The van der Waals surface area contributed by atoms with E-state index in [9.17, 15) is 19.5 Å². The van der Waals surface area contributed by atoms with E-state index in [1.165, 1.54) is 6.92 Å². The van der Waals surface area contributed by atoms with Gasteiger partial charge in [-0.1, -0.05) is 6.07 Å². The molecule has 2 bridgehead atoms. The van der Waals surface area contributed by atoms with Gasteiger partial charge in [0.25, 0.3) is 0 Å². The van der Waals surface area contributed by atoms with E-state index in [2.05, 4.69) is 10.6 Å². The van der Waals surface area contributed by atoms with Crippen LogP contribution < -0.4 is 15.7 Å². The minimum Gasteiger partial charge on any atom is -0.550 e. The van der Waals surface area contributed by atoms with Gasteiger partial charge in [0.2, 0.25) is 11.8 Å². The molecule has 0 saturated heterocycles. The van der Waals surface area contributed by atoms with Crippen molar-refractivity contribution in [3.8, 4) is 0 Å². The predicted octanol–water partition coefficient (Wildman–Crippen LogP) is 1.39. The van der Waals surface area contributed by atoms with Crippen molar-refractivity contribution in [2.24, 2.45) is 23.7 Å². The number of hydrogen-bond donors (Lipinski definition) is 2. The van der Waals surface area contributed by atoms with E-state index in [4.69, 9.17) is 0 Å². The Kier molecular flexibility index (Phi) is 4.55. The second kappa shape index (κ2) is 6.63. The second-order valence-electron chi connectivity index (χ2n) is 6.80. The van der Waals surface area contributed by atoms with Crippen molar-refractivity contribution < 1.29 is 19.5 Å². The quantitative estimate of drug-likeness (QED) is 0.872. The normalized spacial score (nSPS) is 28.2. The van der Waals surface area contributed by atoms with E-state index < -0.39 is 17.8 Å². The minimum absolute atomic E-state index is 0.0430. The number of aliphatic carboxylic acids is 1. The molecule has 24 heavy (non-hydrogen) atoms. The summed E-state index contributed by atoms with van der Waals surface area (Å²) in [4.78, 5) is 35.4. The van der Waals surface area contributed by atoms with Crippen LogP contribution in [-0.4, -0.2) is 17.8 Å². The van der Waals surface area contributed by atoms with Crippen LogP contribution in [0.3, 0.4) is 0 Å². The first kappa shape index (κ1) is 16.5. The largest absolute Gasteiger partial charge is 0.550 e. The lowest BCUT2D eigenvalue weighted by atomic mass is 9.58. The number of benzene rings is 1. The van der Waals surface area contributed by atoms with Gasteiger partial charge in [-0.05, 0) is 55.7 Å². The summed E-state index contributed by atoms with van der Waals surface area (Å²) >= 11 is 0. The van der Waals surface area contributed by atoms with Gasteiger partial charge in [-0.3, -0.25) is 9.59 Å². The summed E-state index contributed by atoms with van der Waals surface area (Å²) in [6.07, 6.45) is 3.53. The van der Waals surface area contributed by atoms with Crippen LogP contribution in [0.25, 0.3) is 0 Å². The fraction of sp³-hybridized carbons (Fsp3) is 0.500. The molecule has 1 aromatic carbocycles. The van der Waals surface area contributed by atoms with Gasteiger partial charge in [-0.2, -0.15) is 0 Å². The highest BCUT2D eigenvalue weighted by Gasteiger charge is 2.47. The molecule has 2 amide bonds. The molecule has 2 atom stereocenters. The van der Waals surface area contributed by atoms with Crippen LogP contribution in [0.1, 0.15) is 32.6 Å². The first-order chi connectivity index (χ1) is 11.5. The number of fused-ring (bicyclic) bond motifs is 3. The molecule has 0 heterocycles. The van der Waals surface area contributed by atoms with E-state index in [0.717, 1.165) is 25.7 Å². The fourth-order valence-electron chi connectivity index (χ4n) is 4.27. The van der Waals surface area contributed by atoms with Crippen LogP contribution >= 0.6 is 0 Å². The average molecular weight is 329 g/mol. The molecule has 0 aromatic heterocycles. The molecule has 0 radical (unpaired) electrons. The third-order valence-electron chi connectivity index (χ3n) is 5.24. The molecule has 6 heteroatoms. The maximum Gasteiger partial charge on any atom is 0.228 e. The van der Waals surface area contributed by atoms with Crippen LogP contribution in [0, 0.1) is 23.7 Å². The summed E-state index contributed by atoms with van der Waals surface area (Å²) in [7, 11) is 0. The number of amides is 2. The predicted molar refractivity (Wildman–Crippen MR) is 86.8 cm³/mol. The lowest BCUT2D eigenvalue weighted by Gasteiger charge is -2.48. The van der Waals surface area contributed by atoms with Gasteiger partial charge in [0.15, 0.2) is 0 Å². The van der Waals surface area contributed by atoms with Crippen molar-refractivity contribution in [2.45, 2.75) is 32.6 Å². The number of nitrogens with one attached hydrogen (secondary N) is 2. The zero-order valence-electron chi connectivity index (χ0n) is 13.6. The van der Waals surface area contributed by atoms with E-state index in [-0.39, 0.29) is 23.7 Å².